The number of halogens is 1. The van der Waals surface area contributed by atoms with Gasteiger partial charge in [-0.05, 0) is 36.3 Å². The van der Waals surface area contributed by atoms with Gasteiger partial charge in [-0.25, -0.2) is 4.98 Å². The third-order valence-electron chi connectivity index (χ3n) is 4.93. The number of carbonyl (C=O) groups is 1. The van der Waals surface area contributed by atoms with E-state index in [0.717, 1.165) is 22.9 Å². The van der Waals surface area contributed by atoms with E-state index in [1.54, 1.807) is 30.5 Å². The van der Waals surface area contributed by atoms with Crippen LogP contribution in [-0.4, -0.2) is 31.1 Å². The van der Waals surface area contributed by atoms with Gasteiger partial charge in [-0.15, -0.1) is 6.58 Å². The van der Waals surface area contributed by atoms with Crippen LogP contribution in [0.4, 0.5) is 5.82 Å². The van der Waals surface area contributed by atoms with Gasteiger partial charge in [-0.1, -0.05) is 65.9 Å². The normalized spacial score (nSPS) is 15.1. The first-order valence-corrected chi connectivity index (χ1v) is 11.4. The SMILES string of the molecule is C=CCNc1nc2c(C)cccn2c(=O)c1/C=C1/SC(=S)N(Cc2ccccc2Cl)C1=O. The van der Waals surface area contributed by atoms with E-state index in [0.29, 0.717) is 32.3 Å². The molecule has 3 aromatic rings. The Balaban J connectivity index is 1.76. The second-order valence-corrected chi connectivity index (χ2v) is 9.18. The zero-order valence-corrected chi connectivity index (χ0v) is 19.6. The third-order valence-corrected chi connectivity index (χ3v) is 6.68. The van der Waals surface area contributed by atoms with Crippen LogP contribution in [0.2, 0.25) is 5.02 Å². The van der Waals surface area contributed by atoms with Gasteiger partial charge >= 0.3 is 0 Å². The van der Waals surface area contributed by atoms with Gasteiger partial charge in [-0.2, -0.15) is 0 Å². The number of aromatic nitrogens is 2. The molecule has 4 rings (SSSR count). The first-order valence-electron chi connectivity index (χ1n) is 9.76. The minimum atomic E-state index is -0.276. The van der Waals surface area contributed by atoms with Crippen LogP contribution in [0.1, 0.15) is 16.7 Å². The van der Waals surface area contributed by atoms with Crippen molar-refractivity contribution in [1.29, 1.82) is 0 Å². The van der Waals surface area contributed by atoms with Crippen molar-refractivity contribution < 1.29 is 4.79 Å². The van der Waals surface area contributed by atoms with Crippen LogP contribution >= 0.6 is 35.6 Å². The number of rotatable bonds is 6. The highest BCUT2D eigenvalue weighted by atomic mass is 35.5. The van der Waals surface area contributed by atoms with Crippen LogP contribution < -0.4 is 10.9 Å². The smallest absolute Gasteiger partial charge is 0.267 e. The molecule has 162 valence electrons. The van der Waals surface area contributed by atoms with E-state index < -0.39 is 0 Å². The predicted molar refractivity (Wildman–Crippen MR) is 135 cm³/mol. The van der Waals surface area contributed by atoms with Crippen molar-refractivity contribution in [1.82, 2.24) is 14.3 Å². The minimum Gasteiger partial charge on any atom is -0.366 e. The summed E-state index contributed by atoms with van der Waals surface area (Å²) in [7, 11) is 0. The zero-order chi connectivity index (χ0) is 22.8. The topological polar surface area (TPSA) is 66.7 Å². The molecule has 1 amide bonds. The number of aryl methyl sites for hydroxylation is 1. The van der Waals surface area contributed by atoms with Crippen molar-refractivity contribution in [2.75, 3.05) is 11.9 Å². The second kappa shape index (κ2) is 9.28. The lowest BCUT2D eigenvalue weighted by atomic mass is 10.2. The lowest BCUT2D eigenvalue weighted by molar-refractivity contribution is -0.122. The van der Waals surface area contributed by atoms with Gasteiger partial charge in [0.15, 0.2) is 0 Å². The van der Waals surface area contributed by atoms with Crippen LogP contribution in [-0.2, 0) is 11.3 Å². The molecule has 3 heterocycles. The molecule has 0 saturated carbocycles. The lowest BCUT2D eigenvalue weighted by Gasteiger charge is -2.15. The summed E-state index contributed by atoms with van der Waals surface area (Å²) in [6, 6.07) is 11.0. The monoisotopic (exact) mass is 482 g/mol. The molecule has 0 atom stereocenters. The Hall–Kier alpha value is -2.94. The number of anilines is 1. The number of nitrogens with one attached hydrogen (secondary N) is 1. The molecule has 0 spiro atoms. The lowest BCUT2D eigenvalue weighted by Crippen LogP contribution is -2.27. The third kappa shape index (κ3) is 4.21. The average Bonchev–Trinajstić information content (AvgIpc) is 3.04. The molecule has 0 aliphatic carbocycles. The Morgan fingerprint density at radius 3 is 2.78 bits per heavy atom. The first kappa shape index (κ1) is 22.3. The van der Waals surface area contributed by atoms with Gasteiger partial charge in [0.1, 0.15) is 15.8 Å². The number of thiocarbonyl (C=S) groups is 1. The molecule has 1 aliphatic heterocycles. The first-order chi connectivity index (χ1) is 15.4. The highest BCUT2D eigenvalue weighted by Crippen LogP contribution is 2.34. The second-order valence-electron chi connectivity index (χ2n) is 7.09. The van der Waals surface area contributed by atoms with E-state index >= 15 is 0 Å². The van der Waals surface area contributed by atoms with E-state index in [-0.39, 0.29) is 23.6 Å². The number of hydrogen-bond acceptors (Lipinski definition) is 6. The predicted octanol–water partition coefficient (Wildman–Crippen LogP) is 4.66. The molecule has 9 heteroatoms. The molecule has 0 bridgehead atoms. The van der Waals surface area contributed by atoms with Crippen molar-refractivity contribution in [2.24, 2.45) is 0 Å². The van der Waals surface area contributed by atoms with E-state index in [1.807, 2.05) is 31.2 Å². The Morgan fingerprint density at radius 2 is 2.03 bits per heavy atom. The van der Waals surface area contributed by atoms with Gasteiger partial charge in [0, 0.05) is 17.8 Å². The number of fused-ring (bicyclic) bond motifs is 1. The number of nitrogens with zero attached hydrogens (tertiary/aromatic N) is 3. The number of hydrogen-bond donors (Lipinski definition) is 1. The van der Waals surface area contributed by atoms with Crippen LogP contribution in [0.3, 0.4) is 0 Å². The van der Waals surface area contributed by atoms with Gasteiger partial charge < -0.3 is 5.32 Å². The summed E-state index contributed by atoms with van der Waals surface area (Å²) in [5.74, 6) is 0.115. The Labute approximate surface area is 199 Å². The molecule has 2 aromatic heterocycles. The summed E-state index contributed by atoms with van der Waals surface area (Å²) < 4.78 is 1.89. The number of amides is 1. The van der Waals surface area contributed by atoms with E-state index in [9.17, 15) is 9.59 Å². The fraction of sp³-hybridized carbons (Fsp3) is 0.130. The molecule has 0 radical (unpaired) electrons. The van der Waals surface area contributed by atoms with Crippen molar-refractivity contribution in [3.8, 4) is 0 Å². The Morgan fingerprint density at radius 1 is 1.25 bits per heavy atom. The average molecular weight is 483 g/mol. The van der Waals surface area contributed by atoms with Crippen LogP contribution in [0.15, 0.2) is 64.9 Å². The number of pyridine rings is 1. The van der Waals surface area contributed by atoms with Crippen molar-refractivity contribution in [3.63, 3.8) is 0 Å². The van der Waals surface area contributed by atoms with Crippen LogP contribution in [0.25, 0.3) is 11.7 Å². The molecular formula is C23H19ClN4O2S2. The van der Waals surface area contributed by atoms with Gasteiger partial charge in [-0.3, -0.25) is 18.9 Å². The Kier molecular flexibility index (Phi) is 6.45. The quantitative estimate of drug-likeness (QED) is 0.313. The molecule has 32 heavy (non-hydrogen) atoms. The molecule has 1 aliphatic rings. The van der Waals surface area contributed by atoms with Crippen molar-refractivity contribution in [3.05, 3.63) is 92.2 Å². The minimum absolute atomic E-state index is 0.261. The maximum Gasteiger partial charge on any atom is 0.267 e. The number of carbonyl (C=O) groups excluding carboxylic acids is 1. The van der Waals surface area contributed by atoms with E-state index in [1.165, 1.54) is 9.30 Å². The van der Waals surface area contributed by atoms with E-state index in [2.05, 4.69) is 16.9 Å². The van der Waals surface area contributed by atoms with Gasteiger partial charge in [0.25, 0.3) is 11.5 Å². The Bertz CT molecular complexity index is 1350. The number of thioether (sulfide) groups is 1. The summed E-state index contributed by atoms with van der Waals surface area (Å²) in [4.78, 5) is 32.9. The highest BCUT2D eigenvalue weighted by Gasteiger charge is 2.33. The van der Waals surface area contributed by atoms with Crippen LogP contribution in [0, 0.1) is 6.92 Å². The standard InChI is InChI=1S/C23H19ClN4O2S2/c1-3-10-25-19-16(21(29)27-11-6-7-14(2)20(27)26-19)12-18-22(30)28(23(31)32-18)13-15-8-4-5-9-17(15)24/h3-9,11-12,25H,1,10,13H2,2H3/b18-12+. The maximum atomic E-state index is 13.3. The van der Waals surface area contributed by atoms with Crippen molar-refractivity contribution >= 4 is 63.3 Å². The maximum absolute atomic E-state index is 13.3. The molecule has 1 N–H and O–H groups in total. The van der Waals surface area contributed by atoms with E-state index in [4.69, 9.17) is 23.8 Å². The van der Waals surface area contributed by atoms with Crippen molar-refractivity contribution in [2.45, 2.75) is 13.5 Å². The molecule has 0 unspecified atom stereocenters. The summed E-state index contributed by atoms with van der Waals surface area (Å²) in [5, 5.41) is 3.67. The molecule has 1 aromatic carbocycles. The largest absolute Gasteiger partial charge is 0.366 e. The summed E-state index contributed by atoms with van der Waals surface area (Å²) in [6.45, 7) is 6.28. The highest BCUT2D eigenvalue weighted by molar-refractivity contribution is 8.26. The van der Waals surface area contributed by atoms with Crippen LogP contribution in [0.5, 0.6) is 0 Å². The zero-order valence-electron chi connectivity index (χ0n) is 17.2. The molecular weight excluding hydrogens is 464 g/mol. The molecule has 1 fully saturated rings. The fourth-order valence-corrected chi connectivity index (χ4v) is 4.74. The summed E-state index contributed by atoms with van der Waals surface area (Å²) in [5.41, 5.74) is 2.22. The fourth-order valence-electron chi connectivity index (χ4n) is 3.31. The number of benzene rings is 1. The molecule has 1 saturated heterocycles. The summed E-state index contributed by atoms with van der Waals surface area (Å²) >= 11 is 12.8. The van der Waals surface area contributed by atoms with Gasteiger partial charge in [0.05, 0.1) is 17.0 Å². The van der Waals surface area contributed by atoms with Gasteiger partial charge in [0.2, 0.25) is 0 Å². The summed E-state index contributed by atoms with van der Waals surface area (Å²) in [6.07, 6.45) is 4.89. The molecule has 6 nitrogen and oxygen atoms in total.